The third-order valence-electron chi connectivity index (χ3n) is 5.02. The maximum atomic E-state index is 12.4. The third-order valence-corrected chi connectivity index (χ3v) is 5.02. The maximum absolute atomic E-state index is 12.4. The number of nitrogens with zero attached hydrogens (tertiary/aromatic N) is 6. The number of hydrogen-bond donors (Lipinski definition) is 0. The first-order valence-corrected chi connectivity index (χ1v) is 9.78. The molecule has 0 radical (unpaired) electrons. The van der Waals surface area contributed by atoms with Crippen molar-refractivity contribution in [3.8, 4) is 11.3 Å². The Morgan fingerprint density at radius 3 is 2.79 bits per heavy atom. The Bertz CT molecular complexity index is 1010. The monoisotopic (exact) mass is 394 g/mol. The van der Waals surface area contributed by atoms with Crippen LogP contribution in [0, 0.1) is 0 Å². The summed E-state index contributed by atoms with van der Waals surface area (Å²) in [5.74, 6) is 0.862. The molecule has 3 aromatic rings. The van der Waals surface area contributed by atoms with E-state index in [0.717, 1.165) is 35.7 Å². The molecule has 3 aromatic heterocycles. The number of aromatic nitrogens is 4. The van der Waals surface area contributed by atoms with Gasteiger partial charge >= 0.3 is 6.09 Å². The van der Waals surface area contributed by atoms with Crippen LogP contribution in [0.1, 0.15) is 27.2 Å². The first-order valence-electron chi connectivity index (χ1n) is 9.78. The van der Waals surface area contributed by atoms with Crippen molar-refractivity contribution in [2.24, 2.45) is 0 Å². The van der Waals surface area contributed by atoms with Gasteiger partial charge in [-0.25, -0.2) is 14.3 Å². The van der Waals surface area contributed by atoms with Crippen LogP contribution in [-0.2, 0) is 4.74 Å². The number of amides is 1. The fourth-order valence-electron chi connectivity index (χ4n) is 3.49. The zero-order valence-electron chi connectivity index (χ0n) is 17.2. The molecule has 1 fully saturated rings. The van der Waals surface area contributed by atoms with Gasteiger partial charge in [-0.15, -0.1) is 5.10 Å². The lowest BCUT2D eigenvalue weighted by atomic mass is 10.2. The summed E-state index contributed by atoms with van der Waals surface area (Å²) in [4.78, 5) is 24.9. The minimum atomic E-state index is -0.500. The molecule has 1 aliphatic heterocycles. The number of rotatable bonds is 3. The molecule has 0 spiro atoms. The van der Waals surface area contributed by atoms with Gasteiger partial charge in [0.15, 0.2) is 5.65 Å². The zero-order valence-corrected chi connectivity index (χ0v) is 17.2. The highest BCUT2D eigenvalue weighted by Crippen LogP contribution is 2.24. The van der Waals surface area contributed by atoms with Gasteiger partial charge in [-0.1, -0.05) is 0 Å². The second-order valence-corrected chi connectivity index (χ2v) is 8.33. The molecule has 1 atom stereocenters. The topological polar surface area (TPSA) is 75.9 Å². The summed E-state index contributed by atoms with van der Waals surface area (Å²) in [5.41, 5.74) is 2.15. The molecule has 1 aliphatic rings. The van der Waals surface area contributed by atoms with E-state index in [4.69, 9.17) is 9.84 Å². The van der Waals surface area contributed by atoms with Crippen molar-refractivity contribution < 1.29 is 9.53 Å². The standard InChI is InChI=1S/C21H26N6O2/c1-21(2,3)29-20(28)25(4)16-9-11-26(14-16)19-8-7-18-23-13-17(27(18)24-19)15-6-5-10-22-12-15/h5-8,10,12-13,16H,9,11,14H2,1-4H3. The van der Waals surface area contributed by atoms with Gasteiger partial charge in [-0.05, 0) is 51.5 Å². The lowest BCUT2D eigenvalue weighted by Crippen LogP contribution is -2.42. The summed E-state index contributed by atoms with van der Waals surface area (Å²) in [5, 5.41) is 4.81. The Kier molecular flexibility index (Phi) is 4.86. The molecule has 0 N–H and O–H groups in total. The van der Waals surface area contributed by atoms with E-state index in [1.807, 2.05) is 55.7 Å². The Labute approximate surface area is 170 Å². The van der Waals surface area contributed by atoms with E-state index in [0.29, 0.717) is 6.54 Å². The molecule has 8 heteroatoms. The van der Waals surface area contributed by atoms with Gasteiger partial charge in [0.2, 0.25) is 0 Å². The lowest BCUT2D eigenvalue weighted by molar-refractivity contribution is 0.0238. The molecule has 1 saturated heterocycles. The van der Waals surface area contributed by atoms with E-state index in [-0.39, 0.29) is 12.1 Å². The van der Waals surface area contributed by atoms with Crippen LogP contribution in [-0.4, -0.2) is 62.4 Å². The molecule has 0 saturated carbocycles. The number of ether oxygens (including phenoxy) is 1. The third kappa shape index (κ3) is 4.01. The molecule has 4 heterocycles. The minimum Gasteiger partial charge on any atom is -0.444 e. The van der Waals surface area contributed by atoms with Crippen molar-refractivity contribution >= 4 is 17.6 Å². The first-order chi connectivity index (χ1) is 13.8. The van der Waals surface area contributed by atoms with E-state index in [2.05, 4.69) is 14.9 Å². The van der Waals surface area contributed by atoms with Crippen LogP contribution in [0.2, 0.25) is 0 Å². The normalized spacial score (nSPS) is 17.0. The number of anilines is 1. The molecule has 0 aromatic carbocycles. The summed E-state index contributed by atoms with van der Waals surface area (Å²) in [7, 11) is 1.80. The fourth-order valence-corrected chi connectivity index (χ4v) is 3.49. The number of likely N-dealkylation sites (N-methyl/N-ethyl adjacent to an activating group) is 1. The van der Waals surface area contributed by atoms with Gasteiger partial charge in [0.25, 0.3) is 0 Å². The van der Waals surface area contributed by atoms with E-state index in [1.54, 1.807) is 24.3 Å². The number of hydrogen-bond acceptors (Lipinski definition) is 6. The SMILES string of the molecule is CN(C(=O)OC(C)(C)C)C1CCN(c2ccc3ncc(-c4cccnc4)n3n2)C1. The molecule has 1 amide bonds. The summed E-state index contributed by atoms with van der Waals surface area (Å²) >= 11 is 0. The van der Waals surface area contributed by atoms with Gasteiger partial charge in [0, 0.05) is 38.1 Å². The Hall–Kier alpha value is -3.16. The summed E-state index contributed by atoms with van der Waals surface area (Å²) < 4.78 is 7.34. The van der Waals surface area contributed by atoms with Crippen LogP contribution in [0.3, 0.4) is 0 Å². The number of carbonyl (C=O) groups is 1. The second kappa shape index (κ2) is 7.35. The predicted octanol–water partition coefficient (Wildman–Crippen LogP) is 3.24. The summed E-state index contributed by atoms with van der Waals surface area (Å²) in [6.45, 7) is 7.18. The van der Waals surface area contributed by atoms with Crippen molar-refractivity contribution in [3.63, 3.8) is 0 Å². The van der Waals surface area contributed by atoms with E-state index >= 15 is 0 Å². The molecule has 0 bridgehead atoms. The van der Waals surface area contributed by atoms with Crippen molar-refractivity contribution in [1.82, 2.24) is 24.5 Å². The van der Waals surface area contributed by atoms with Gasteiger partial charge in [-0.2, -0.15) is 0 Å². The van der Waals surface area contributed by atoms with Gasteiger partial charge in [0.1, 0.15) is 11.4 Å². The highest BCUT2D eigenvalue weighted by molar-refractivity contribution is 5.68. The van der Waals surface area contributed by atoms with E-state index in [9.17, 15) is 4.79 Å². The summed E-state index contributed by atoms with van der Waals surface area (Å²) in [6, 6.07) is 7.92. The van der Waals surface area contributed by atoms with Crippen LogP contribution in [0.5, 0.6) is 0 Å². The van der Waals surface area contributed by atoms with Crippen molar-refractivity contribution in [1.29, 1.82) is 0 Å². The number of pyridine rings is 1. The van der Waals surface area contributed by atoms with Crippen LogP contribution < -0.4 is 4.90 Å². The average molecular weight is 394 g/mol. The average Bonchev–Trinajstić information content (AvgIpc) is 3.33. The fraction of sp³-hybridized carbons (Fsp3) is 0.429. The predicted molar refractivity (Wildman–Crippen MR) is 111 cm³/mol. The molecule has 4 rings (SSSR count). The lowest BCUT2D eigenvalue weighted by Gasteiger charge is -2.28. The summed E-state index contributed by atoms with van der Waals surface area (Å²) in [6.07, 6.45) is 5.94. The Balaban J connectivity index is 1.53. The van der Waals surface area contributed by atoms with Gasteiger partial charge in [0.05, 0.1) is 17.9 Å². The highest BCUT2D eigenvalue weighted by atomic mass is 16.6. The van der Waals surface area contributed by atoms with Crippen molar-refractivity contribution in [2.45, 2.75) is 38.8 Å². The van der Waals surface area contributed by atoms with Crippen molar-refractivity contribution in [3.05, 3.63) is 42.9 Å². The quantitative estimate of drug-likeness (QED) is 0.679. The molecule has 152 valence electrons. The zero-order chi connectivity index (χ0) is 20.6. The van der Waals surface area contributed by atoms with E-state index in [1.165, 1.54) is 0 Å². The first kappa shape index (κ1) is 19.2. The highest BCUT2D eigenvalue weighted by Gasteiger charge is 2.31. The van der Waals surface area contributed by atoms with Gasteiger partial charge in [-0.3, -0.25) is 4.98 Å². The minimum absolute atomic E-state index is 0.0860. The number of carbonyl (C=O) groups excluding carboxylic acids is 1. The number of fused-ring (bicyclic) bond motifs is 1. The largest absolute Gasteiger partial charge is 0.444 e. The van der Waals surface area contributed by atoms with Crippen LogP contribution >= 0.6 is 0 Å². The molecule has 8 nitrogen and oxygen atoms in total. The Morgan fingerprint density at radius 2 is 2.07 bits per heavy atom. The maximum Gasteiger partial charge on any atom is 0.410 e. The molecule has 29 heavy (non-hydrogen) atoms. The number of imidazole rings is 1. The van der Waals surface area contributed by atoms with Gasteiger partial charge < -0.3 is 14.5 Å². The molecule has 1 unspecified atom stereocenters. The Morgan fingerprint density at radius 1 is 1.24 bits per heavy atom. The van der Waals surface area contributed by atoms with Crippen LogP contribution in [0.15, 0.2) is 42.9 Å². The van der Waals surface area contributed by atoms with Crippen molar-refractivity contribution in [2.75, 3.05) is 25.0 Å². The molecule has 0 aliphatic carbocycles. The molecular formula is C21H26N6O2. The van der Waals surface area contributed by atoms with E-state index < -0.39 is 5.60 Å². The smallest absolute Gasteiger partial charge is 0.410 e. The van der Waals surface area contributed by atoms with Crippen LogP contribution in [0.25, 0.3) is 16.9 Å². The molecular weight excluding hydrogens is 368 g/mol. The second-order valence-electron chi connectivity index (χ2n) is 8.33. The van der Waals surface area contributed by atoms with Crippen LogP contribution in [0.4, 0.5) is 10.6 Å².